The van der Waals surface area contributed by atoms with Crippen LogP contribution in [0.2, 0.25) is 0 Å². The number of thiophene rings is 1. The van der Waals surface area contributed by atoms with E-state index in [9.17, 15) is 0 Å². The minimum absolute atomic E-state index is 0.666. The van der Waals surface area contributed by atoms with Crippen LogP contribution < -0.4 is 0 Å². The molecule has 0 radical (unpaired) electrons. The van der Waals surface area contributed by atoms with Gasteiger partial charge in [-0.05, 0) is 58.7 Å². The normalized spacial score (nSPS) is 11.6. The van der Waals surface area contributed by atoms with E-state index in [0.717, 1.165) is 77.8 Å². The topological polar surface area (TPSA) is 51.8 Å². The zero-order valence-corrected chi connectivity index (χ0v) is 30.9. The van der Waals surface area contributed by atoms with E-state index in [4.69, 9.17) is 14.4 Å². The summed E-state index contributed by atoms with van der Waals surface area (Å²) in [5.41, 5.74) is 13.1. The summed E-state index contributed by atoms with van der Waals surface area (Å²) >= 11 is 1.84. The summed E-state index contributed by atoms with van der Waals surface area (Å²) in [7, 11) is 0. The zero-order chi connectivity index (χ0) is 37.0. The Balaban J connectivity index is 1.06. The lowest BCUT2D eigenvalue weighted by molar-refractivity contribution is 0.670. The van der Waals surface area contributed by atoms with Crippen LogP contribution >= 0.6 is 11.3 Å². The predicted octanol–water partition coefficient (Wildman–Crippen LogP) is 14.1. The molecule has 0 amide bonds. The molecule has 0 aliphatic heterocycles. The van der Waals surface area contributed by atoms with E-state index in [2.05, 4.69) is 151 Å². The molecule has 0 aliphatic carbocycles. The molecule has 4 aromatic heterocycles. The van der Waals surface area contributed by atoms with Crippen molar-refractivity contribution in [2.45, 2.75) is 0 Å². The van der Waals surface area contributed by atoms with Gasteiger partial charge in [0, 0.05) is 71.2 Å². The number of nitrogens with zero attached hydrogens (tertiary/aromatic N) is 3. The van der Waals surface area contributed by atoms with Gasteiger partial charge in [0.15, 0.2) is 5.82 Å². The molecule has 0 atom stereocenters. The van der Waals surface area contributed by atoms with Gasteiger partial charge in [0.25, 0.3) is 0 Å². The highest BCUT2D eigenvalue weighted by Gasteiger charge is 2.20. The monoisotopic (exact) mass is 733 g/mol. The first-order valence-corrected chi connectivity index (χ1v) is 19.5. The molecular weight excluding hydrogens is 703 g/mol. The van der Waals surface area contributed by atoms with Crippen molar-refractivity contribution in [2.75, 3.05) is 0 Å². The third kappa shape index (κ3) is 5.40. The Morgan fingerprint density at radius 1 is 0.411 bits per heavy atom. The number of furan rings is 1. The van der Waals surface area contributed by atoms with E-state index in [1.807, 2.05) is 47.9 Å². The second-order valence-corrected chi connectivity index (χ2v) is 15.0. The Morgan fingerprint density at radius 2 is 1.09 bits per heavy atom. The lowest BCUT2D eigenvalue weighted by Crippen LogP contribution is -1.97. The van der Waals surface area contributed by atoms with Crippen molar-refractivity contribution < 1.29 is 4.42 Å². The van der Waals surface area contributed by atoms with Gasteiger partial charge >= 0.3 is 0 Å². The van der Waals surface area contributed by atoms with E-state index < -0.39 is 0 Å². The van der Waals surface area contributed by atoms with Gasteiger partial charge in [-0.25, -0.2) is 9.97 Å². The van der Waals surface area contributed by atoms with Crippen molar-refractivity contribution in [3.8, 4) is 67.3 Å². The van der Waals surface area contributed by atoms with E-state index >= 15 is 0 Å². The molecule has 0 N–H and O–H groups in total. The Morgan fingerprint density at radius 3 is 1.95 bits per heavy atom. The number of para-hydroxylation sites is 1. The predicted molar refractivity (Wildman–Crippen MR) is 233 cm³/mol. The summed E-state index contributed by atoms with van der Waals surface area (Å²) < 4.78 is 9.32. The van der Waals surface area contributed by atoms with Crippen molar-refractivity contribution in [3.63, 3.8) is 0 Å². The minimum Gasteiger partial charge on any atom is -0.455 e. The molecule has 0 spiro atoms. The lowest BCUT2D eigenvalue weighted by atomic mass is 9.92. The van der Waals surface area contributed by atoms with Crippen LogP contribution in [0.1, 0.15) is 0 Å². The quantitative estimate of drug-likeness (QED) is 0.171. The minimum atomic E-state index is 0.666. The maximum atomic E-state index is 6.76. The Kier molecular flexibility index (Phi) is 7.64. The summed E-state index contributed by atoms with van der Waals surface area (Å²) in [4.78, 5) is 14.7. The van der Waals surface area contributed by atoms with Gasteiger partial charge in [0.1, 0.15) is 11.2 Å². The molecule has 0 fully saturated rings. The molecule has 4 nitrogen and oxygen atoms in total. The van der Waals surface area contributed by atoms with Gasteiger partial charge in [0.2, 0.25) is 0 Å². The maximum absolute atomic E-state index is 6.76. The molecule has 4 heterocycles. The molecule has 7 aromatic carbocycles. The van der Waals surface area contributed by atoms with E-state index in [1.54, 1.807) is 6.20 Å². The van der Waals surface area contributed by atoms with Crippen LogP contribution in [0.15, 0.2) is 193 Å². The third-order valence-electron chi connectivity index (χ3n) is 10.6. The highest BCUT2D eigenvalue weighted by Crippen LogP contribution is 2.46. The van der Waals surface area contributed by atoms with E-state index in [1.165, 1.54) is 25.7 Å². The van der Waals surface area contributed by atoms with Gasteiger partial charge in [-0.1, -0.05) is 140 Å². The molecular formula is C51H31N3OS. The summed E-state index contributed by atoms with van der Waals surface area (Å²) in [6.45, 7) is 0. The van der Waals surface area contributed by atoms with E-state index in [0.29, 0.717) is 5.82 Å². The van der Waals surface area contributed by atoms with Crippen molar-refractivity contribution in [2.24, 2.45) is 0 Å². The molecule has 56 heavy (non-hydrogen) atoms. The molecule has 0 saturated carbocycles. The summed E-state index contributed by atoms with van der Waals surface area (Å²) in [5.74, 6) is 0.666. The van der Waals surface area contributed by atoms with Crippen LogP contribution in [0.3, 0.4) is 0 Å². The van der Waals surface area contributed by atoms with Crippen LogP contribution in [0, 0.1) is 0 Å². The number of fused-ring (bicyclic) bond motifs is 6. The van der Waals surface area contributed by atoms with Gasteiger partial charge in [-0.2, -0.15) is 0 Å². The van der Waals surface area contributed by atoms with E-state index in [-0.39, 0.29) is 0 Å². The number of pyridine rings is 1. The molecule has 262 valence electrons. The highest BCUT2D eigenvalue weighted by molar-refractivity contribution is 7.25. The van der Waals surface area contributed by atoms with Gasteiger partial charge < -0.3 is 4.42 Å². The first-order valence-electron chi connectivity index (χ1n) is 18.7. The molecule has 0 unspecified atom stereocenters. The smallest absolute Gasteiger partial charge is 0.160 e. The van der Waals surface area contributed by atoms with Crippen LogP contribution in [-0.4, -0.2) is 15.0 Å². The Labute approximate surface area is 327 Å². The second kappa shape index (κ2) is 13.3. The number of benzene rings is 7. The number of hydrogen-bond acceptors (Lipinski definition) is 5. The molecule has 11 aromatic rings. The largest absolute Gasteiger partial charge is 0.455 e. The third-order valence-corrected chi connectivity index (χ3v) is 11.8. The average Bonchev–Trinajstić information content (AvgIpc) is 3.86. The van der Waals surface area contributed by atoms with Crippen LogP contribution in [-0.2, 0) is 0 Å². The number of aromatic nitrogens is 3. The first-order chi connectivity index (χ1) is 27.8. The van der Waals surface area contributed by atoms with Crippen LogP contribution in [0.4, 0.5) is 0 Å². The summed E-state index contributed by atoms with van der Waals surface area (Å²) in [6, 6.07) is 61.6. The van der Waals surface area contributed by atoms with Crippen LogP contribution in [0.25, 0.3) is 109 Å². The van der Waals surface area contributed by atoms with Crippen LogP contribution in [0.5, 0.6) is 0 Å². The fourth-order valence-corrected chi connectivity index (χ4v) is 9.16. The van der Waals surface area contributed by atoms with Crippen molar-refractivity contribution in [3.05, 3.63) is 188 Å². The molecule has 0 aliphatic rings. The highest BCUT2D eigenvalue weighted by atomic mass is 32.1. The SMILES string of the molecule is c1ccc(-c2cc(-c3ccccc3-c3cccnc3)nc(-c3ccc(-c4ccc(-c5cccc6sc7ccccc7c56)c5oc6ccccc6c45)cc3)n2)cc1. The summed E-state index contributed by atoms with van der Waals surface area (Å²) in [5, 5.41) is 4.75. The van der Waals surface area contributed by atoms with Gasteiger partial charge in [-0.15, -0.1) is 11.3 Å². The second-order valence-electron chi connectivity index (χ2n) is 13.9. The Hall–Kier alpha value is -7.21. The number of hydrogen-bond donors (Lipinski definition) is 0. The average molecular weight is 734 g/mol. The summed E-state index contributed by atoms with van der Waals surface area (Å²) in [6.07, 6.45) is 3.70. The van der Waals surface area contributed by atoms with Crippen molar-refractivity contribution >= 4 is 53.4 Å². The van der Waals surface area contributed by atoms with Gasteiger partial charge in [0.05, 0.1) is 11.4 Å². The number of rotatable bonds is 6. The zero-order valence-electron chi connectivity index (χ0n) is 30.1. The molecule has 0 saturated heterocycles. The molecule has 11 rings (SSSR count). The fourth-order valence-electron chi connectivity index (χ4n) is 8.03. The van der Waals surface area contributed by atoms with Crippen molar-refractivity contribution in [1.29, 1.82) is 0 Å². The standard InChI is InChI=1S/C51H31N3OS/c1-2-12-33(13-3-1)43-30-44(38-16-5-4-15-36(38)35-14-11-29-52-31-35)54-51(53-43)34-25-23-32(24-26-34)37-27-28-40(50-49(37)41-17-6-8-20-45(41)55-50)39-19-10-22-47-48(39)42-18-7-9-21-46(42)56-47/h1-31H. The fraction of sp³-hybridized carbons (Fsp3) is 0. The first kappa shape index (κ1) is 32.2. The maximum Gasteiger partial charge on any atom is 0.160 e. The van der Waals surface area contributed by atoms with Gasteiger partial charge in [-0.3, -0.25) is 4.98 Å². The Bertz CT molecular complexity index is 3240. The van der Waals surface area contributed by atoms with Crippen molar-refractivity contribution in [1.82, 2.24) is 15.0 Å². The molecule has 5 heteroatoms. The molecule has 0 bridgehead atoms. The lowest BCUT2D eigenvalue weighted by Gasteiger charge is -2.13.